The summed E-state index contributed by atoms with van der Waals surface area (Å²) in [4.78, 5) is 32.8. The van der Waals surface area contributed by atoms with Crippen molar-refractivity contribution in [1.29, 1.82) is 0 Å². The minimum absolute atomic E-state index is 0.0451. The van der Waals surface area contributed by atoms with Crippen molar-refractivity contribution in [2.75, 3.05) is 0 Å². The molecule has 2 spiro atoms. The fourth-order valence-electron chi connectivity index (χ4n) is 17.8. The van der Waals surface area contributed by atoms with Gasteiger partial charge in [-0.3, -0.25) is 0 Å². The topological polar surface area (TPSA) is 77.3 Å². The van der Waals surface area contributed by atoms with E-state index in [0.717, 1.165) is 44.5 Å². The van der Waals surface area contributed by atoms with Gasteiger partial charge in [0.15, 0.2) is 34.9 Å². The van der Waals surface area contributed by atoms with Crippen LogP contribution in [0.2, 0.25) is 0 Å². The van der Waals surface area contributed by atoms with Crippen molar-refractivity contribution in [2.45, 2.75) is 22.7 Å². The number of aromatic nitrogens is 6. The Morgan fingerprint density at radius 2 is 0.447 bits per heavy atom. The van der Waals surface area contributed by atoms with E-state index in [0.29, 0.717) is 34.9 Å². The molecule has 0 aliphatic heterocycles. The fraction of sp³-hybridized carbons (Fsp3) is 0.0455. The van der Waals surface area contributed by atoms with Crippen LogP contribution in [0.25, 0.3) is 113 Å². The summed E-state index contributed by atoms with van der Waals surface area (Å²) in [5.41, 5.74) is 32.4. The summed E-state index contributed by atoms with van der Waals surface area (Å²) < 4.78 is 0. The first-order valence-corrected chi connectivity index (χ1v) is 32.5. The molecule has 2 atom stereocenters. The predicted octanol–water partition coefficient (Wildman–Crippen LogP) is 19.7. The van der Waals surface area contributed by atoms with E-state index in [4.69, 9.17) is 29.9 Å². The van der Waals surface area contributed by atoms with Gasteiger partial charge in [0.2, 0.25) is 0 Å². The lowest BCUT2D eigenvalue weighted by Crippen LogP contribution is -2.27. The van der Waals surface area contributed by atoms with Crippen LogP contribution >= 0.6 is 0 Å². The minimum atomic E-state index is -0.505. The Labute approximate surface area is 543 Å². The van der Waals surface area contributed by atoms with E-state index in [1.54, 1.807) is 0 Å². The molecule has 0 fully saturated rings. The number of fused-ring (bicyclic) bond motifs is 20. The second kappa shape index (κ2) is 19.2. The average molecular weight is 1190 g/mol. The van der Waals surface area contributed by atoms with Gasteiger partial charge in [-0.1, -0.05) is 291 Å². The Kier molecular flexibility index (Phi) is 10.5. The van der Waals surface area contributed by atoms with Gasteiger partial charge in [-0.05, 0) is 135 Å². The van der Waals surface area contributed by atoms with E-state index >= 15 is 0 Å². The summed E-state index contributed by atoms with van der Waals surface area (Å²) in [7, 11) is 0. The van der Waals surface area contributed by atoms with Crippen molar-refractivity contribution >= 4 is 0 Å². The van der Waals surface area contributed by atoms with Crippen LogP contribution in [0, 0.1) is 0 Å². The van der Waals surface area contributed by atoms with E-state index in [1.165, 1.54) is 111 Å². The summed E-state index contributed by atoms with van der Waals surface area (Å²) >= 11 is 0. The highest BCUT2D eigenvalue weighted by Gasteiger charge is 2.54. The third kappa shape index (κ3) is 6.77. The monoisotopic (exact) mass is 1190 g/mol. The molecule has 0 saturated heterocycles. The Bertz CT molecular complexity index is 5340. The van der Waals surface area contributed by atoms with Crippen molar-refractivity contribution in [1.82, 2.24) is 29.9 Å². The molecule has 0 saturated carbocycles. The smallest absolute Gasteiger partial charge is 0.164 e. The van der Waals surface area contributed by atoms with E-state index in [-0.39, 0.29) is 11.8 Å². The molecular formula is C88H52N6. The van der Waals surface area contributed by atoms with Crippen LogP contribution in [0.4, 0.5) is 0 Å². The maximum absolute atomic E-state index is 5.58. The van der Waals surface area contributed by atoms with Gasteiger partial charge in [-0.15, -0.1) is 0 Å². The van der Waals surface area contributed by atoms with Crippen molar-refractivity contribution in [3.8, 4) is 113 Å². The first-order chi connectivity index (χ1) is 46.6. The maximum atomic E-state index is 5.58. The number of hydrogen-bond acceptors (Lipinski definition) is 6. The largest absolute Gasteiger partial charge is 0.208 e. The van der Waals surface area contributed by atoms with Crippen LogP contribution in [0.5, 0.6) is 0 Å². The molecule has 94 heavy (non-hydrogen) atoms. The molecule has 0 radical (unpaired) electrons. The summed E-state index contributed by atoms with van der Waals surface area (Å²) in [5.74, 6) is 3.72. The molecule has 6 heteroatoms. The van der Waals surface area contributed by atoms with E-state index in [1.807, 2.05) is 12.1 Å². The average Bonchev–Trinajstić information content (AvgIpc) is 1.46. The molecule has 2 heterocycles. The lowest BCUT2D eigenvalue weighted by Gasteiger charge is -2.42. The van der Waals surface area contributed by atoms with Gasteiger partial charge in [0.05, 0.1) is 10.8 Å². The van der Waals surface area contributed by atoms with Crippen molar-refractivity contribution < 1.29 is 0 Å². The van der Waals surface area contributed by atoms with Crippen molar-refractivity contribution in [3.05, 3.63) is 381 Å². The molecule has 13 aromatic carbocycles. The van der Waals surface area contributed by atoms with Crippen LogP contribution in [0.1, 0.15) is 89.7 Å². The Morgan fingerprint density at radius 1 is 0.181 bits per heavy atom. The van der Waals surface area contributed by atoms with Crippen LogP contribution in [0.3, 0.4) is 0 Å². The number of hydrogen-bond donors (Lipinski definition) is 0. The predicted molar refractivity (Wildman–Crippen MR) is 373 cm³/mol. The molecule has 2 bridgehead atoms. The molecule has 6 nitrogen and oxygen atoms in total. The third-order valence-electron chi connectivity index (χ3n) is 21.4. The summed E-state index contributed by atoms with van der Waals surface area (Å²) in [6.45, 7) is 0. The molecule has 2 aromatic heterocycles. The molecule has 2 unspecified atom stereocenters. The zero-order valence-electron chi connectivity index (χ0n) is 50.7. The van der Waals surface area contributed by atoms with E-state index in [9.17, 15) is 0 Å². The Hall–Kier alpha value is -12.1. The van der Waals surface area contributed by atoms with Crippen LogP contribution < -0.4 is 0 Å². The second-order valence-electron chi connectivity index (χ2n) is 25.8. The highest BCUT2D eigenvalue weighted by Crippen LogP contribution is 2.66. The third-order valence-corrected chi connectivity index (χ3v) is 21.4. The highest BCUT2D eigenvalue weighted by atomic mass is 15.0. The summed E-state index contributed by atoms with van der Waals surface area (Å²) in [6, 6.07) is 111. The van der Waals surface area contributed by atoms with Gasteiger partial charge >= 0.3 is 0 Å². The maximum Gasteiger partial charge on any atom is 0.164 e. The van der Waals surface area contributed by atoms with Crippen molar-refractivity contribution in [2.24, 2.45) is 0 Å². The molecule has 434 valence electrons. The van der Waals surface area contributed by atoms with E-state index in [2.05, 4.69) is 291 Å². The van der Waals surface area contributed by atoms with Crippen LogP contribution in [-0.2, 0) is 10.8 Å². The number of rotatable bonds is 6. The quantitative estimate of drug-likeness (QED) is 0.165. The zero-order chi connectivity index (χ0) is 61.4. The molecule has 15 aromatic rings. The lowest BCUT2D eigenvalue weighted by molar-refractivity contribution is 0.754. The van der Waals surface area contributed by atoms with Gasteiger partial charge in [0.1, 0.15) is 0 Å². The standard InChI is InChI=1S/C88H52N6/c1-3-23-51(24-4-1)81-89-83(93-85(91-81)65-35-21-43-75-79(65)63-33-13-19-41-73(63)87(75)69-37-15-9-27-55(69)56-28-10-16-38-70(56)87)53-45-47-61-67(49-53)77-59-31-7-8-32-60(59)78(61)68-50-54(46-48-62(68)77)84-90-82(52-25-5-2-6-26-52)92-86(94-84)66-36-22-44-76-80(66)64-34-14-20-42-74(64)88(76)71-39-17-11-29-57(71)58-30-12-18-40-72(58)88/h1-50,77-78H. The van der Waals surface area contributed by atoms with Gasteiger partial charge in [0.25, 0.3) is 0 Å². The normalized spacial score (nSPS) is 15.6. The first kappa shape index (κ1) is 51.6. The Morgan fingerprint density at radius 3 is 0.819 bits per heavy atom. The van der Waals surface area contributed by atoms with Gasteiger partial charge in [-0.2, -0.15) is 0 Å². The zero-order valence-corrected chi connectivity index (χ0v) is 50.7. The first-order valence-electron chi connectivity index (χ1n) is 32.5. The molecular weight excluding hydrogens is 1140 g/mol. The molecule has 22 rings (SSSR count). The van der Waals surface area contributed by atoms with Crippen molar-refractivity contribution in [3.63, 3.8) is 0 Å². The molecule has 7 aliphatic rings. The lowest BCUT2D eigenvalue weighted by atomic mass is 9.61. The molecule has 0 N–H and O–H groups in total. The fourth-order valence-corrected chi connectivity index (χ4v) is 17.8. The molecule has 7 aliphatic carbocycles. The number of nitrogens with zero attached hydrogens (tertiary/aromatic N) is 6. The van der Waals surface area contributed by atoms with E-state index < -0.39 is 10.8 Å². The highest BCUT2D eigenvalue weighted by molar-refractivity contribution is 6.01. The van der Waals surface area contributed by atoms with Crippen LogP contribution in [0.15, 0.2) is 303 Å². The second-order valence-corrected chi connectivity index (χ2v) is 25.8. The summed E-state index contributed by atoms with van der Waals surface area (Å²) in [6.07, 6.45) is 0. The Balaban J connectivity index is 0.709. The van der Waals surface area contributed by atoms with Gasteiger partial charge in [-0.25, -0.2) is 29.9 Å². The summed E-state index contributed by atoms with van der Waals surface area (Å²) in [5, 5.41) is 0. The number of benzene rings is 13. The van der Waals surface area contributed by atoms with Gasteiger partial charge < -0.3 is 0 Å². The minimum Gasteiger partial charge on any atom is -0.208 e. The molecule has 0 amide bonds. The van der Waals surface area contributed by atoms with Crippen LogP contribution in [-0.4, -0.2) is 29.9 Å². The SMILES string of the molecule is c1ccc(-c2nc(-c3ccc4c(c3)C3c5ccccc5C4c4cc(-c5nc(-c6ccccc6)nc(-c6cccc7c6-c6ccccc6C76c7ccccc7-c7ccccc76)n5)ccc43)nc(-c3cccc4c3-c3ccccc3C43c4ccccc4-c4ccccc43)n2)cc1. The van der Waals surface area contributed by atoms with Gasteiger partial charge in [0, 0.05) is 45.2 Å².